The van der Waals surface area contributed by atoms with E-state index in [1.165, 1.54) is 40.6 Å². The topological polar surface area (TPSA) is 66.9 Å². The van der Waals surface area contributed by atoms with E-state index in [-0.39, 0.29) is 30.1 Å². The highest BCUT2D eigenvalue weighted by Gasteiger charge is 2.34. The van der Waals surface area contributed by atoms with Crippen molar-refractivity contribution in [2.75, 3.05) is 25.1 Å². The first-order valence-corrected chi connectivity index (χ1v) is 11.8. The van der Waals surface area contributed by atoms with E-state index >= 15 is 0 Å². The van der Waals surface area contributed by atoms with Crippen LogP contribution in [0.15, 0.2) is 77.7 Å². The van der Waals surface area contributed by atoms with Gasteiger partial charge in [0.1, 0.15) is 5.75 Å². The first kappa shape index (κ1) is 23.8. The Bertz CT molecular complexity index is 1310. The van der Waals surface area contributed by atoms with Crippen LogP contribution in [0.1, 0.15) is 21.5 Å². The summed E-state index contributed by atoms with van der Waals surface area (Å²) in [6, 6.07) is 16.9. The Morgan fingerprint density at radius 1 is 0.941 bits per heavy atom. The van der Waals surface area contributed by atoms with Crippen molar-refractivity contribution >= 4 is 21.6 Å². The van der Waals surface area contributed by atoms with Crippen LogP contribution < -0.4 is 9.64 Å². The van der Waals surface area contributed by atoms with Gasteiger partial charge in [0.05, 0.1) is 17.6 Å². The summed E-state index contributed by atoms with van der Waals surface area (Å²) in [5.41, 5.74) is -0.0315. The van der Waals surface area contributed by atoms with Crippen molar-refractivity contribution in [1.82, 2.24) is 4.31 Å². The maximum absolute atomic E-state index is 13.3. The molecule has 1 heterocycles. The van der Waals surface area contributed by atoms with Gasteiger partial charge in [-0.2, -0.15) is 17.5 Å². The highest BCUT2D eigenvalue weighted by Crippen LogP contribution is 2.32. The summed E-state index contributed by atoms with van der Waals surface area (Å²) >= 11 is 0. The number of hydrogen-bond acceptors (Lipinski definition) is 4. The van der Waals surface area contributed by atoms with E-state index < -0.39 is 27.7 Å². The molecule has 1 aliphatic rings. The molecule has 0 N–H and O–H groups in total. The van der Waals surface area contributed by atoms with E-state index in [0.717, 1.165) is 12.1 Å². The Morgan fingerprint density at radius 3 is 2.32 bits per heavy atom. The minimum Gasteiger partial charge on any atom is -0.497 e. The lowest BCUT2D eigenvalue weighted by Crippen LogP contribution is -2.38. The van der Waals surface area contributed by atoms with E-state index in [4.69, 9.17) is 4.74 Å². The van der Waals surface area contributed by atoms with Crippen LogP contribution in [0.4, 0.5) is 18.9 Å². The second-order valence-electron chi connectivity index (χ2n) is 7.68. The predicted octanol–water partition coefficient (Wildman–Crippen LogP) is 4.57. The van der Waals surface area contributed by atoms with Gasteiger partial charge in [-0.25, -0.2) is 8.42 Å². The zero-order valence-corrected chi connectivity index (χ0v) is 18.9. The van der Waals surface area contributed by atoms with Gasteiger partial charge in [0.15, 0.2) is 0 Å². The molecule has 0 saturated carbocycles. The molecule has 0 bridgehead atoms. The van der Waals surface area contributed by atoms with Crippen molar-refractivity contribution in [3.05, 3.63) is 89.5 Å². The summed E-state index contributed by atoms with van der Waals surface area (Å²) in [5.74, 6) is -0.125. The summed E-state index contributed by atoms with van der Waals surface area (Å²) in [7, 11) is -2.42. The van der Waals surface area contributed by atoms with Crippen LogP contribution in [0.25, 0.3) is 0 Å². The standard InChI is InChI=1S/C24H21F3N2O4S/c1-33-20-9-11-21(12-10-20)34(31,32)28-13-14-29(22-8-3-2-5-18(22)16-28)23(30)17-6-4-7-19(15-17)24(25,26)27/h2-12,15H,13-14,16H2,1H3. The number of sulfonamides is 1. The quantitative estimate of drug-likeness (QED) is 0.538. The molecule has 1 amide bonds. The van der Waals surface area contributed by atoms with Crippen LogP contribution >= 0.6 is 0 Å². The molecular weight excluding hydrogens is 469 g/mol. The summed E-state index contributed by atoms with van der Waals surface area (Å²) in [6.45, 7) is -0.0495. The molecule has 34 heavy (non-hydrogen) atoms. The molecule has 0 saturated heterocycles. The normalized spacial score (nSPS) is 14.9. The molecule has 0 aromatic heterocycles. The first-order chi connectivity index (χ1) is 16.1. The third kappa shape index (κ3) is 4.64. The van der Waals surface area contributed by atoms with Crippen molar-refractivity contribution in [2.24, 2.45) is 0 Å². The number of para-hydroxylation sites is 1. The van der Waals surface area contributed by atoms with Crippen molar-refractivity contribution in [3.63, 3.8) is 0 Å². The number of hydrogen-bond donors (Lipinski definition) is 0. The van der Waals surface area contributed by atoms with Gasteiger partial charge >= 0.3 is 6.18 Å². The van der Waals surface area contributed by atoms with Gasteiger partial charge in [0.25, 0.3) is 5.91 Å². The predicted molar refractivity (Wildman–Crippen MR) is 120 cm³/mol. The largest absolute Gasteiger partial charge is 0.497 e. The highest BCUT2D eigenvalue weighted by molar-refractivity contribution is 7.89. The number of anilines is 1. The number of benzene rings is 3. The average molecular weight is 491 g/mol. The first-order valence-electron chi connectivity index (χ1n) is 10.3. The maximum atomic E-state index is 13.3. The number of amides is 1. The molecule has 3 aromatic rings. The van der Waals surface area contributed by atoms with Crippen LogP contribution in [-0.4, -0.2) is 38.8 Å². The third-order valence-corrected chi connectivity index (χ3v) is 7.44. The fourth-order valence-electron chi connectivity index (χ4n) is 3.81. The molecule has 0 atom stereocenters. The molecule has 0 spiro atoms. The fraction of sp³-hybridized carbons (Fsp3) is 0.208. The van der Waals surface area contributed by atoms with Crippen LogP contribution in [0.3, 0.4) is 0 Å². The number of ether oxygens (including phenoxy) is 1. The summed E-state index contributed by atoms with van der Waals surface area (Å²) in [6.07, 6.45) is -4.59. The summed E-state index contributed by atoms with van der Waals surface area (Å²) in [5, 5.41) is 0. The van der Waals surface area contributed by atoms with Crippen molar-refractivity contribution in [3.8, 4) is 5.75 Å². The van der Waals surface area contributed by atoms with Gasteiger partial charge in [-0.3, -0.25) is 4.79 Å². The molecule has 0 radical (unpaired) electrons. The molecule has 10 heteroatoms. The molecule has 1 aliphatic heterocycles. The average Bonchev–Trinajstić information content (AvgIpc) is 3.03. The number of nitrogens with zero attached hydrogens (tertiary/aromatic N) is 2. The molecule has 178 valence electrons. The number of fused-ring (bicyclic) bond motifs is 1. The number of methoxy groups -OCH3 is 1. The van der Waals surface area contributed by atoms with E-state index in [0.29, 0.717) is 17.0 Å². The number of halogens is 3. The summed E-state index contributed by atoms with van der Waals surface area (Å²) in [4.78, 5) is 14.7. The van der Waals surface area contributed by atoms with Crippen LogP contribution in [0, 0.1) is 0 Å². The molecular formula is C24H21F3N2O4S. The molecule has 4 rings (SSSR count). The molecule has 0 aliphatic carbocycles. The van der Waals surface area contributed by atoms with E-state index in [1.54, 1.807) is 36.4 Å². The van der Waals surface area contributed by atoms with Crippen LogP contribution in [0.5, 0.6) is 5.75 Å². The summed E-state index contributed by atoms with van der Waals surface area (Å²) < 4.78 is 72.4. The van der Waals surface area contributed by atoms with Crippen LogP contribution in [0.2, 0.25) is 0 Å². The van der Waals surface area contributed by atoms with Gasteiger partial charge in [0, 0.05) is 30.9 Å². The lowest BCUT2D eigenvalue weighted by molar-refractivity contribution is -0.137. The smallest absolute Gasteiger partial charge is 0.416 e. The minimum atomic E-state index is -4.59. The van der Waals surface area contributed by atoms with Crippen molar-refractivity contribution < 1.29 is 31.1 Å². The zero-order valence-electron chi connectivity index (χ0n) is 18.1. The van der Waals surface area contributed by atoms with E-state index in [2.05, 4.69) is 0 Å². The number of rotatable bonds is 4. The second kappa shape index (κ2) is 9.11. The Labute approximate surface area is 195 Å². The highest BCUT2D eigenvalue weighted by atomic mass is 32.2. The number of alkyl halides is 3. The van der Waals surface area contributed by atoms with E-state index in [9.17, 15) is 26.4 Å². The molecule has 6 nitrogen and oxygen atoms in total. The van der Waals surface area contributed by atoms with Crippen LogP contribution in [-0.2, 0) is 22.7 Å². The monoisotopic (exact) mass is 490 g/mol. The molecule has 0 unspecified atom stereocenters. The molecule has 3 aromatic carbocycles. The minimum absolute atomic E-state index is 0.0108. The Morgan fingerprint density at radius 2 is 1.65 bits per heavy atom. The lowest BCUT2D eigenvalue weighted by atomic mass is 10.1. The lowest BCUT2D eigenvalue weighted by Gasteiger charge is -2.23. The maximum Gasteiger partial charge on any atom is 0.416 e. The SMILES string of the molecule is COc1ccc(S(=O)(=O)N2CCN(C(=O)c3cccc(C(F)(F)F)c3)c3ccccc3C2)cc1. The Hall–Kier alpha value is -3.37. The van der Waals surface area contributed by atoms with Gasteiger partial charge in [-0.1, -0.05) is 24.3 Å². The van der Waals surface area contributed by atoms with Gasteiger partial charge in [-0.15, -0.1) is 0 Å². The number of carbonyl (C=O) groups is 1. The van der Waals surface area contributed by atoms with Gasteiger partial charge in [-0.05, 0) is 54.1 Å². The van der Waals surface area contributed by atoms with E-state index in [1.807, 2.05) is 0 Å². The second-order valence-corrected chi connectivity index (χ2v) is 9.62. The Balaban J connectivity index is 1.68. The zero-order chi connectivity index (χ0) is 24.5. The molecule has 0 fully saturated rings. The van der Waals surface area contributed by atoms with Crippen molar-refractivity contribution in [2.45, 2.75) is 17.6 Å². The number of carbonyl (C=O) groups excluding carboxylic acids is 1. The van der Waals surface area contributed by atoms with Gasteiger partial charge in [0.2, 0.25) is 10.0 Å². The third-order valence-electron chi connectivity index (χ3n) is 5.58. The van der Waals surface area contributed by atoms with Gasteiger partial charge < -0.3 is 9.64 Å². The Kier molecular flexibility index (Phi) is 6.37. The van der Waals surface area contributed by atoms with Crippen molar-refractivity contribution in [1.29, 1.82) is 0 Å². The fourth-order valence-corrected chi connectivity index (χ4v) is 5.22.